The highest BCUT2D eigenvalue weighted by molar-refractivity contribution is 7.71. The number of aromatic nitrogens is 3. The summed E-state index contributed by atoms with van der Waals surface area (Å²) in [4.78, 5) is 32.2. The molecule has 0 aliphatic heterocycles. The number of pyridine rings is 1. The van der Waals surface area contributed by atoms with Gasteiger partial charge in [-0.2, -0.15) is 0 Å². The van der Waals surface area contributed by atoms with Crippen molar-refractivity contribution >= 4 is 29.2 Å². The molecule has 88 valence electrons. The number of aryl methyl sites for hydroxylation is 1. The van der Waals surface area contributed by atoms with E-state index in [0.717, 1.165) is 0 Å². The summed E-state index contributed by atoms with van der Waals surface area (Å²) >= 11 is 4.84. The number of esters is 1. The zero-order valence-corrected chi connectivity index (χ0v) is 9.97. The van der Waals surface area contributed by atoms with Crippen molar-refractivity contribution in [2.45, 2.75) is 6.92 Å². The first-order valence-electron chi connectivity index (χ1n) is 4.75. The number of nitrogens with one attached hydrogen (secondary N) is 2. The van der Waals surface area contributed by atoms with Crippen LogP contribution in [0.15, 0.2) is 10.9 Å². The van der Waals surface area contributed by atoms with Crippen LogP contribution in [0.5, 0.6) is 0 Å². The average molecular weight is 251 g/mol. The maximum atomic E-state index is 11.7. The molecule has 0 amide bonds. The van der Waals surface area contributed by atoms with E-state index >= 15 is 0 Å². The number of nitrogens with zero attached hydrogens (tertiary/aromatic N) is 1. The Labute approximate surface area is 101 Å². The van der Waals surface area contributed by atoms with Crippen LogP contribution in [0.25, 0.3) is 11.0 Å². The Hall–Kier alpha value is -2.02. The molecule has 2 N–H and O–H groups in total. The lowest BCUT2D eigenvalue weighted by atomic mass is 10.2. The van der Waals surface area contributed by atoms with Crippen molar-refractivity contribution in [3.63, 3.8) is 0 Å². The van der Waals surface area contributed by atoms with Crippen LogP contribution in [-0.4, -0.2) is 28.0 Å². The Kier molecular flexibility index (Phi) is 2.76. The van der Waals surface area contributed by atoms with Crippen molar-refractivity contribution in [1.29, 1.82) is 0 Å². The Morgan fingerprint density at radius 3 is 2.82 bits per heavy atom. The first-order valence-corrected chi connectivity index (χ1v) is 5.16. The monoisotopic (exact) mass is 251 g/mol. The summed E-state index contributed by atoms with van der Waals surface area (Å²) < 4.78 is 4.74. The van der Waals surface area contributed by atoms with Gasteiger partial charge in [0.25, 0.3) is 5.56 Å². The Balaban J connectivity index is 2.87. The molecule has 2 rings (SSSR count). The fraction of sp³-hybridized carbons (Fsp3) is 0.200. The summed E-state index contributed by atoms with van der Waals surface area (Å²) in [7, 11) is 1.27. The molecule has 2 aromatic rings. The lowest BCUT2D eigenvalue weighted by Gasteiger charge is -2.04. The molecule has 0 radical (unpaired) electrons. The SMILES string of the molecule is COC(=O)c1cc(C)c2c(=O)[nH]c(=S)[nH]c2n1. The van der Waals surface area contributed by atoms with Gasteiger partial charge in [-0.25, -0.2) is 9.78 Å². The highest BCUT2D eigenvalue weighted by atomic mass is 32.1. The van der Waals surface area contributed by atoms with Crippen molar-refractivity contribution in [2.75, 3.05) is 7.11 Å². The van der Waals surface area contributed by atoms with Gasteiger partial charge in [-0.05, 0) is 30.8 Å². The molecule has 0 unspecified atom stereocenters. The van der Waals surface area contributed by atoms with Gasteiger partial charge in [0.15, 0.2) is 10.5 Å². The number of carbonyl (C=O) groups excluding carboxylic acids is 1. The largest absolute Gasteiger partial charge is 0.464 e. The third-order valence-electron chi connectivity index (χ3n) is 2.30. The van der Waals surface area contributed by atoms with Gasteiger partial charge in [0, 0.05) is 0 Å². The molecule has 7 heteroatoms. The normalized spacial score (nSPS) is 10.5. The number of H-pyrrole nitrogens is 2. The lowest BCUT2D eigenvalue weighted by molar-refractivity contribution is 0.0594. The Bertz CT molecular complexity index is 717. The number of ether oxygens (including phenoxy) is 1. The summed E-state index contributed by atoms with van der Waals surface area (Å²) in [6.45, 7) is 1.71. The first kappa shape index (κ1) is 11.5. The summed E-state index contributed by atoms with van der Waals surface area (Å²) in [5.74, 6) is -0.561. The molecule has 0 aliphatic carbocycles. The molecule has 2 aromatic heterocycles. The van der Waals surface area contributed by atoms with Gasteiger partial charge in [-0.1, -0.05) is 0 Å². The molecule has 2 heterocycles. The number of fused-ring (bicyclic) bond motifs is 1. The number of methoxy groups -OCH3 is 1. The van der Waals surface area contributed by atoms with E-state index in [4.69, 9.17) is 12.2 Å². The molecule has 0 saturated carbocycles. The molecule has 17 heavy (non-hydrogen) atoms. The van der Waals surface area contributed by atoms with Crippen molar-refractivity contribution < 1.29 is 9.53 Å². The molecule has 0 atom stereocenters. The van der Waals surface area contributed by atoms with E-state index in [1.165, 1.54) is 13.2 Å². The molecule has 6 nitrogen and oxygen atoms in total. The van der Waals surface area contributed by atoms with Gasteiger partial charge < -0.3 is 9.72 Å². The third kappa shape index (κ3) is 1.96. The summed E-state index contributed by atoms with van der Waals surface area (Å²) in [6.07, 6.45) is 0. The lowest BCUT2D eigenvalue weighted by Crippen LogP contribution is -2.13. The van der Waals surface area contributed by atoms with E-state index in [9.17, 15) is 9.59 Å². The minimum atomic E-state index is -0.561. The van der Waals surface area contributed by atoms with Crippen molar-refractivity contribution in [3.8, 4) is 0 Å². The van der Waals surface area contributed by atoms with Crippen LogP contribution < -0.4 is 5.56 Å². The molecule has 0 aliphatic rings. The number of carbonyl (C=O) groups is 1. The van der Waals surface area contributed by atoms with Crippen LogP contribution in [0.2, 0.25) is 0 Å². The van der Waals surface area contributed by atoms with Crippen LogP contribution in [0, 0.1) is 11.7 Å². The minimum absolute atomic E-state index is 0.133. The van der Waals surface area contributed by atoms with Gasteiger partial charge in [-0.15, -0.1) is 0 Å². The molecule has 0 aromatic carbocycles. The molecule has 0 fully saturated rings. The summed E-state index contributed by atoms with van der Waals surface area (Å²) in [5, 5.41) is 0.381. The highest BCUT2D eigenvalue weighted by Gasteiger charge is 2.12. The predicted octanol–water partition coefficient (Wildman–Crippen LogP) is 1.08. The van der Waals surface area contributed by atoms with Crippen LogP contribution in [0.3, 0.4) is 0 Å². The minimum Gasteiger partial charge on any atom is -0.464 e. The summed E-state index contributed by atoms with van der Waals surface area (Å²) in [6, 6.07) is 1.50. The fourth-order valence-corrected chi connectivity index (χ4v) is 1.75. The van der Waals surface area contributed by atoms with Crippen LogP contribution in [-0.2, 0) is 4.74 Å². The third-order valence-corrected chi connectivity index (χ3v) is 2.50. The molecule has 0 spiro atoms. The predicted molar refractivity (Wildman–Crippen MR) is 63.6 cm³/mol. The zero-order chi connectivity index (χ0) is 12.6. The van der Waals surface area contributed by atoms with Gasteiger partial charge in [0.1, 0.15) is 5.65 Å². The average Bonchev–Trinajstić information content (AvgIpc) is 2.26. The van der Waals surface area contributed by atoms with E-state index in [0.29, 0.717) is 10.9 Å². The van der Waals surface area contributed by atoms with Gasteiger partial charge in [0.05, 0.1) is 12.5 Å². The Morgan fingerprint density at radius 2 is 2.18 bits per heavy atom. The smallest absolute Gasteiger partial charge is 0.356 e. The van der Waals surface area contributed by atoms with E-state index in [1.807, 2.05) is 0 Å². The summed E-state index contributed by atoms with van der Waals surface area (Å²) in [5.41, 5.74) is 0.709. The number of hydrogen-bond donors (Lipinski definition) is 2. The van der Waals surface area contributed by atoms with E-state index in [-0.39, 0.29) is 21.7 Å². The van der Waals surface area contributed by atoms with Crippen LogP contribution in [0.4, 0.5) is 0 Å². The number of rotatable bonds is 1. The number of hydrogen-bond acceptors (Lipinski definition) is 5. The first-order chi connectivity index (χ1) is 8.02. The maximum Gasteiger partial charge on any atom is 0.356 e. The molecular weight excluding hydrogens is 242 g/mol. The second-order valence-corrected chi connectivity index (χ2v) is 3.86. The second kappa shape index (κ2) is 4.10. The standard InChI is InChI=1S/C10H9N3O3S/c1-4-3-5(9(15)16-2)11-7-6(4)8(14)13-10(17)12-7/h3H,1-2H3,(H2,11,12,13,14,17). The molecular formula is C10H9N3O3S. The zero-order valence-electron chi connectivity index (χ0n) is 9.16. The van der Waals surface area contributed by atoms with Crippen LogP contribution in [0.1, 0.15) is 16.1 Å². The van der Waals surface area contributed by atoms with Crippen molar-refractivity contribution in [1.82, 2.24) is 15.0 Å². The number of aromatic amines is 2. The van der Waals surface area contributed by atoms with Gasteiger partial charge >= 0.3 is 5.97 Å². The second-order valence-electron chi connectivity index (χ2n) is 3.45. The van der Waals surface area contributed by atoms with Crippen molar-refractivity contribution in [3.05, 3.63) is 32.4 Å². The van der Waals surface area contributed by atoms with E-state index < -0.39 is 5.97 Å². The molecule has 0 bridgehead atoms. The topological polar surface area (TPSA) is 87.8 Å². The van der Waals surface area contributed by atoms with Gasteiger partial charge in [0.2, 0.25) is 0 Å². The van der Waals surface area contributed by atoms with Crippen molar-refractivity contribution in [2.24, 2.45) is 0 Å². The highest BCUT2D eigenvalue weighted by Crippen LogP contribution is 2.12. The van der Waals surface area contributed by atoms with E-state index in [1.54, 1.807) is 6.92 Å². The fourth-order valence-electron chi connectivity index (χ4n) is 1.56. The molecule has 0 saturated heterocycles. The van der Waals surface area contributed by atoms with Crippen LogP contribution >= 0.6 is 12.2 Å². The maximum absolute atomic E-state index is 11.7. The van der Waals surface area contributed by atoms with Gasteiger partial charge in [-0.3, -0.25) is 9.78 Å². The quantitative estimate of drug-likeness (QED) is 0.585. The van der Waals surface area contributed by atoms with E-state index in [2.05, 4.69) is 19.7 Å². The Morgan fingerprint density at radius 1 is 1.47 bits per heavy atom.